The van der Waals surface area contributed by atoms with Crippen LogP contribution >= 0.6 is 11.3 Å². The molecule has 0 bridgehead atoms. The van der Waals surface area contributed by atoms with Gasteiger partial charge in [-0.05, 0) is 47.9 Å². The molecule has 1 atom stereocenters. The van der Waals surface area contributed by atoms with Crippen LogP contribution < -0.4 is 10.6 Å². The number of H-pyrrole nitrogens is 1. The van der Waals surface area contributed by atoms with Gasteiger partial charge in [-0.3, -0.25) is 0 Å². The first-order valence-electron chi connectivity index (χ1n) is 10.8. The standard InChI is InChI=1S/C25H25N5OS/c1-2-19(14-31)27-13-16-3-5-17(6-4-16)23-12-22-24(32-23)25(29-15-28-22)30-20-7-8-21-18(11-20)9-10-26-21/h3-12,15,19,26-27,31H,2,13-14H2,1H3,(H,28,29,30). The number of aromatic nitrogens is 3. The average Bonchev–Trinajstić information content (AvgIpc) is 3.47. The predicted molar refractivity (Wildman–Crippen MR) is 132 cm³/mol. The van der Waals surface area contributed by atoms with Crippen LogP contribution in [0.4, 0.5) is 11.5 Å². The van der Waals surface area contributed by atoms with Gasteiger partial charge in [-0.2, -0.15) is 0 Å². The highest BCUT2D eigenvalue weighted by Crippen LogP contribution is 2.36. The van der Waals surface area contributed by atoms with E-state index in [1.165, 1.54) is 5.56 Å². The third-order valence-corrected chi connectivity index (χ3v) is 6.85. The zero-order chi connectivity index (χ0) is 21.9. The Morgan fingerprint density at radius 3 is 2.75 bits per heavy atom. The molecular formula is C25H25N5OS. The summed E-state index contributed by atoms with van der Waals surface area (Å²) in [5.74, 6) is 0.816. The highest BCUT2D eigenvalue weighted by Gasteiger charge is 2.11. The Morgan fingerprint density at radius 1 is 1.06 bits per heavy atom. The minimum Gasteiger partial charge on any atom is -0.395 e. The van der Waals surface area contributed by atoms with E-state index in [1.807, 2.05) is 12.3 Å². The molecule has 0 fully saturated rings. The Bertz CT molecular complexity index is 1340. The van der Waals surface area contributed by atoms with E-state index in [0.717, 1.165) is 56.0 Å². The monoisotopic (exact) mass is 443 g/mol. The van der Waals surface area contributed by atoms with Gasteiger partial charge in [0.15, 0.2) is 5.82 Å². The second-order valence-electron chi connectivity index (χ2n) is 7.82. The Morgan fingerprint density at radius 2 is 1.94 bits per heavy atom. The zero-order valence-corrected chi connectivity index (χ0v) is 18.6. The first kappa shape index (κ1) is 20.6. The molecule has 0 saturated heterocycles. The summed E-state index contributed by atoms with van der Waals surface area (Å²) in [4.78, 5) is 13.4. The maximum absolute atomic E-state index is 9.34. The predicted octanol–water partition coefficient (Wildman–Crippen LogP) is 5.44. The van der Waals surface area contributed by atoms with Crippen LogP contribution in [-0.4, -0.2) is 32.7 Å². The summed E-state index contributed by atoms with van der Waals surface area (Å²) in [5.41, 5.74) is 5.40. The van der Waals surface area contributed by atoms with Crippen molar-refractivity contribution in [1.82, 2.24) is 20.3 Å². The number of aliphatic hydroxyl groups excluding tert-OH is 1. The molecule has 0 aliphatic heterocycles. The lowest BCUT2D eigenvalue weighted by atomic mass is 10.1. The smallest absolute Gasteiger partial charge is 0.151 e. The number of aliphatic hydroxyl groups is 1. The minimum atomic E-state index is 0.139. The van der Waals surface area contributed by atoms with Crippen molar-refractivity contribution in [2.75, 3.05) is 11.9 Å². The molecule has 162 valence electrons. The number of benzene rings is 2. The Labute approximate surface area is 190 Å². The molecule has 5 aromatic rings. The summed E-state index contributed by atoms with van der Waals surface area (Å²) in [6.45, 7) is 2.98. The first-order valence-corrected chi connectivity index (χ1v) is 11.6. The van der Waals surface area contributed by atoms with Crippen LogP contribution in [0, 0.1) is 0 Å². The second-order valence-corrected chi connectivity index (χ2v) is 8.87. The molecular weight excluding hydrogens is 418 g/mol. The summed E-state index contributed by atoms with van der Waals surface area (Å²) in [7, 11) is 0. The van der Waals surface area contributed by atoms with Crippen LogP contribution in [0.1, 0.15) is 18.9 Å². The van der Waals surface area contributed by atoms with E-state index >= 15 is 0 Å². The number of hydrogen-bond acceptors (Lipinski definition) is 6. The minimum absolute atomic E-state index is 0.139. The number of aromatic amines is 1. The van der Waals surface area contributed by atoms with Gasteiger partial charge >= 0.3 is 0 Å². The molecule has 4 N–H and O–H groups in total. The molecule has 0 spiro atoms. The number of thiophene rings is 1. The van der Waals surface area contributed by atoms with Crippen LogP contribution in [0.2, 0.25) is 0 Å². The molecule has 5 rings (SSSR count). The first-order chi connectivity index (χ1) is 15.7. The van der Waals surface area contributed by atoms with Crippen LogP contribution in [0.15, 0.2) is 67.1 Å². The molecule has 7 heteroatoms. The second kappa shape index (κ2) is 9.08. The highest BCUT2D eigenvalue weighted by atomic mass is 32.1. The van der Waals surface area contributed by atoms with Crippen molar-refractivity contribution in [3.05, 3.63) is 72.7 Å². The van der Waals surface area contributed by atoms with Crippen LogP contribution in [0.25, 0.3) is 31.6 Å². The normalized spacial score (nSPS) is 12.4. The van der Waals surface area contributed by atoms with E-state index in [1.54, 1.807) is 17.7 Å². The van der Waals surface area contributed by atoms with Gasteiger partial charge in [0.05, 0.1) is 16.8 Å². The topological polar surface area (TPSA) is 85.9 Å². The van der Waals surface area contributed by atoms with Gasteiger partial charge in [-0.1, -0.05) is 31.2 Å². The van der Waals surface area contributed by atoms with Gasteiger partial charge in [0.2, 0.25) is 0 Å². The van der Waals surface area contributed by atoms with Gasteiger partial charge < -0.3 is 20.7 Å². The SMILES string of the molecule is CCC(CO)NCc1ccc(-c2cc3ncnc(Nc4ccc5[nH]ccc5c4)c3s2)cc1. The number of fused-ring (bicyclic) bond motifs is 2. The van der Waals surface area contributed by atoms with Gasteiger partial charge in [-0.15, -0.1) is 11.3 Å². The molecule has 2 aromatic carbocycles. The number of anilines is 2. The lowest BCUT2D eigenvalue weighted by Gasteiger charge is -2.13. The number of nitrogens with zero attached hydrogens (tertiary/aromatic N) is 2. The van der Waals surface area contributed by atoms with Gasteiger partial charge in [0.25, 0.3) is 0 Å². The van der Waals surface area contributed by atoms with Crippen LogP contribution in [-0.2, 0) is 6.54 Å². The molecule has 0 saturated carbocycles. The van der Waals surface area contributed by atoms with Crippen molar-refractivity contribution in [2.24, 2.45) is 0 Å². The van der Waals surface area contributed by atoms with Crippen molar-refractivity contribution in [3.8, 4) is 10.4 Å². The Kier molecular flexibility index (Phi) is 5.85. The van der Waals surface area contributed by atoms with Crippen molar-refractivity contribution >= 4 is 44.0 Å². The fourth-order valence-electron chi connectivity index (χ4n) is 3.74. The largest absolute Gasteiger partial charge is 0.395 e. The van der Waals surface area contributed by atoms with Crippen molar-refractivity contribution in [1.29, 1.82) is 0 Å². The Hall–Kier alpha value is -3.26. The molecule has 32 heavy (non-hydrogen) atoms. The molecule has 6 nitrogen and oxygen atoms in total. The number of nitrogens with one attached hydrogen (secondary N) is 3. The van der Waals surface area contributed by atoms with Crippen molar-refractivity contribution in [3.63, 3.8) is 0 Å². The van der Waals surface area contributed by atoms with E-state index in [-0.39, 0.29) is 12.6 Å². The lowest BCUT2D eigenvalue weighted by molar-refractivity contribution is 0.238. The Balaban J connectivity index is 1.37. The van der Waals surface area contributed by atoms with Crippen molar-refractivity contribution in [2.45, 2.75) is 25.9 Å². The average molecular weight is 444 g/mol. The van der Waals surface area contributed by atoms with Crippen LogP contribution in [0.3, 0.4) is 0 Å². The van der Waals surface area contributed by atoms with E-state index in [9.17, 15) is 5.11 Å². The third-order valence-electron chi connectivity index (χ3n) is 5.67. The highest BCUT2D eigenvalue weighted by molar-refractivity contribution is 7.22. The molecule has 3 aromatic heterocycles. The van der Waals surface area contributed by atoms with Gasteiger partial charge in [-0.25, -0.2) is 9.97 Å². The maximum atomic E-state index is 9.34. The number of rotatable bonds is 8. The van der Waals surface area contributed by atoms with Crippen molar-refractivity contribution < 1.29 is 5.11 Å². The quantitative estimate of drug-likeness (QED) is 0.256. The van der Waals surface area contributed by atoms with E-state index < -0.39 is 0 Å². The summed E-state index contributed by atoms with van der Waals surface area (Å²) in [6.07, 6.45) is 4.46. The molecule has 0 amide bonds. The van der Waals surface area contributed by atoms with Crippen LogP contribution in [0.5, 0.6) is 0 Å². The maximum Gasteiger partial charge on any atom is 0.151 e. The molecule has 3 heterocycles. The van der Waals surface area contributed by atoms with E-state index in [2.05, 4.69) is 81.0 Å². The van der Waals surface area contributed by atoms with Gasteiger partial charge in [0.1, 0.15) is 6.33 Å². The lowest BCUT2D eigenvalue weighted by Crippen LogP contribution is -2.31. The van der Waals surface area contributed by atoms with E-state index in [4.69, 9.17) is 0 Å². The fourth-order valence-corrected chi connectivity index (χ4v) is 4.80. The summed E-state index contributed by atoms with van der Waals surface area (Å²) in [5, 5.41) is 17.3. The summed E-state index contributed by atoms with van der Waals surface area (Å²) >= 11 is 1.69. The van der Waals surface area contributed by atoms with E-state index in [0.29, 0.717) is 0 Å². The molecule has 0 aliphatic rings. The third kappa shape index (κ3) is 4.23. The fraction of sp³-hybridized carbons (Fsp3) is 0.200. The number of hydrogen-bond donors (Lipinski definition) is 4. The summed E-state index contributed by atoms with van der Waals surface area (Å²) < 4.78 is 1.04. The molecule has 0 aliphatic carbocycles. The molecule has 1 unspecified atom stereocenters. The molecule has 0 radical (unpaired) electrons. The summed E-state index contributed by atoms with van der Waals surface area (Å²) in [6, 6.07) is 19.1. The van der Waals surface area contributed by atoms with Gasteiger partial charge in [0, 0.05) is 40.3 Å². The zero-order valence-electron chi connectivity index (χ0n) is 17.8.